The maximum Gasteiger partial charge on any atom is 0.0277 e. The number of aliphatic imine (C=N–C) groups is 1. The van der Waals surface area contributed by atoms with Crippen LogP contribution in [0, 0.1) is 0 Å². The maximum atomic E-state index is 4.94. The molecule has 0 radical (unpaired) electrons. The predicted octanol–water partition coefficient (Wildman–Crippen LogP) is 2.21. The fourth-order valence-electron chi connectivity index (χ4n) is 0.136. The van der Waals surface area contributed by atoms with Crippen LogP contribution in [0.3, 0.4) is 0 Å². The van der Waals surface area contributed by atoms with Gasteiger partial charge in [-0.1, -0.05) is 27.7 Å². The van der Waals surface area contributed by atoms with E-state index in [1.165, 1.54) is 6.20 Å². The number of nitrogens with zero attached hydrogens (tertiary/aromatic N) is 1. The molecule has 0 fully saturated rings. The molecule has 0 saturated heterocycles. The summed E-state index contributed by atoms with van der Waals surface area (Å²) in [6.45, 7) is 8.00. The molecule has 0 saturated carbocycles. The highest BCUT2D eigenvalue weighted by Crippen LogP contribution is 1.53. The van der Waals surface area contributed by atoms with E-state index in [4.69, 9.17) is 5.73 Å². The summed E-state index contributed by atoms with van der Waals surface area (Å²) < 4.78 is 0. The quantitative estimate of drug-likeness (QED) is 0.563. The van der Waals surface area contributed by atoms with Crippen LogP contribution in [0.15, 0.2) is 17.3 Å². The molecule has 0 aliphatic carbocycles. The van der Waals surface area contributed by atoms with Crippen molar-refractivity contribution in [2.45, 2.75) is 27.7 Å². The van der Waals surface area contributed by atoms with E-state index in [2.05, 4.69) is 4.99 Å². The molecule has 62 valence electrons. The van der Waals surface area contributed by atoms with Crippen molar-refractivity contribution in [1.82, 2.24) is 0 Å². The van der Waals surface area contributed by atoms with Crippen LogP contribution in [-0.2, 0) is 0 Å². The molecule has 0 unspecified atom stereocenters. The maximum absolute atomic E-state index is 4.94. The molecule has 2 nitrogen and oxygen atoms in total. The average molecular weight is 144 g/mol. The molecule has 0 aromatic heterocycles. The Labute approximate surface area is 64.9 Å². The van der Waals surface area contributed by atoms with Crippen molar-refractivity contribution in [2.24, 2.45) is 10.7 Å². The average Bonchev–Trinajstić information content (AvgIpc) is 2.08. The third-order valence-corrected chi connectivity index (χ3v) is 0.346. The van der Waals surface area contributed by atoms with E-state index in [1.807, 2.05) is 27.7 Å². The predicted molar refractivity (Wildman–Crippen MR) is 50.4 cm³/mol. The van der Waals surface area contributed by atoms with Crippen molar-refractivity contribution in [3.05, 3.63) is 12.3 Å². The minimum Gasteiger partial charge on any atom is -0.405 e. The summed E-state index contributed by atoms with van der Waals surface area (Å²) in [5.41, 5.74) is 4.94. The smallest absolute Gasteiger partial charge is 0.0277 e. The van der Waals surface area contributed by atoms with Crippen LogP contribution in [0.4, 0.5) is 0 Å². The molecule has 10 heavy (non-hydrogen) atoms. The lowest BCUT2D eigenvalue weighted by atomic mass is 10.7. The van der Waals surface area contributed by atoms with Gasteiger partial charge in [0.2, 0.25) is 0 Å². The summed E-state index contributed by atoms with van der Waals surface area (Å²) in [4.78, 5) is 3.63. The second-order valence-electron chi connectivity index (χ2n) is 0.792. The van der Waals surface area contributed by atoms with E-state index >= 15 is 0 Å². The van der Waals surface area contributed by atoms with Crippen LogP contribution in [0.1, 0.15) is 27.7 Å². The number of nitrogens with two attached hydrogens (primary N) is 1. The van der Waals surface area contributed by atoms with Crippen LogP contribution >= 0.6 is 0 Å². The summed E-state index contributed by atoms with van der Waals surface area (Å²) >= 11 is 0. The highest BCUT2D eigenvalue weighted by atomic mass is 14.6. The monoisotopic (exact) mass is 144 g/mol. The SMILES string of the molecule is CC.CC.CN=C/C=C\N. The summed E-state index contributed by atoms with van der Waals surface area (Å²) in [7, 11) is 1.69. The van der Waals surface area contributed by atoms with Crippen molar-refractivity contribution in [1.29, 1.82) is 0 Å². The Morgan fingerprint density at radius 3 is 1.60 bits per heavy atom. The van der Waals surface area contributed by atoms with Gasteiger partial charge in [0.15, 0.2) is 0 Å². The number of hydrogen-bond acceptors (Lipinski definition) is 2. The number of hydrogen-bond donors (Lipinski definition) is 1. The minimum absolute atomic E-state index is 1.44. The fourth-order valence-corrected chi connectivity index (χ4v) is 0.136. The molecule has 0 aliphatic heterocycles. The minimum atomic E-state index is 1.44. The van der Waals surface area contributed by atoms with Gasteiger partial charge in [-0.05, 0) is 12.3 Å². The zero-order chi connectivity index (χ0) is 8.83. The van der Waals surface area contributed by atoms with Crippen molar-refractivity contribution in [2.75, 3.05) is 7.05 Å². The van der Waals surface area contributed by atoms with Gasteiger partial charge in [0.1, 0.15) is 0 Å². The Morgan fingerprint density at radius 1 is 1.10 bits per heavy atom. The molecule has 0 amide bonds. The first kappa shape index (κ1) is 16.1. The second kappa shape index (κ2) is 41.4. The first-order valence-electron chi connectivity index (χ1n) is 3.71. The Hall–Kier alpha value is -0.790. The third-order valence-electron chi connectivity index (χ3n) is 0.346. The third kappa shape index (κ3) is 56.9. The lowest BCUT2D eigenvalue weighted by Gasteiger charge is -1.64. The molecule has 2 heteroatoms. The zero-order valence-corrected chi connectivity index (χ0v) is 7.76. The first-order chi connectivity index (χ1) is 4.91. The number of allylic oxidation sites excluding steroid dienone is 1. The van der Waals surface area contributed by atoms with Gasteiger partial charge in [0, 0.05) is 13.3 Å². The standard InChI is InChI=1S/C4H8N2.2C2H6/c1-6-4-2-3-5;2*1-2/h2-4H,5H2,1H3;2*1-2H3/b3-2-,6-4?;;. The van der Waals surface area contributed by atoms with E-state index < -0.39 is 0 Å². The molecular formula is C8H20N2. The van der Waals surface area contributed by atoms with E-state index in [0.717, 1.165) is 0 Å². The molecule has 0 aromatic carbocycles. The summed E-state index contributed by atoms with van der Waals surface area (Å²) in [5, 5.41) is 0. The van der Waals surface area contributed by atoms with Crippen LogP contribution < -0.4 is 5.73 Å². The fraction of sp³-hybridized carbons (Fsp3) is 0.625. The second-order valence-corrected chi connectivity index (χ2v) is 0.792. The van der Waals surface area contributed by atoms with Gasteiger partial charge >= 0.3 is 0 Å². The van der Waals surface area contributed by atoms with Crippen molar-refractivity contribution in [3.8, 4) is 0 Å². The van der Waals surface area contributed by atoms with Crippen molar-refractivity contribution in [3.63, 3.8) is 0 Å². The lowest BCUT2D eigenvalue weighted by Crippen LogP contribution is -1.74. The van der Waals surface area contributed by atoms with E-state index in [1.54, 1.807) is 19.3 Å². The largest absolute Gasteiger partial charge is 0.405 e. The van der Waals surface area contributed by atoms with Gasteiger partial charge in [-0.2, -0.15) is 0 Å². The summed E-state index contributed by atoms with van der Waals surface area (Å²) in [6.07, 6.45) is 4.73. The Kier molecular flexibility index (Phi) is 66.7. The summed E-state index contributed by atoms with van der Waals surface area (Å²) in [6, 6.07) is 0. The summed E-state index contributed by atoms with van der Waals surface area (Å²) in [5.74, 6) is 0. The molecule has 0 bridgehead atoms. The first-order valence-corrected chi connectivity index (χ1v) is 3.71. The van der Waals surface area contributed by atoms with Gasteiger partial charge in [0.25, 0.3) is 0 Å². The van der Waals surface area contributed by atoms with Crippen molar-refractivity contribution < 1.29 is 0 Å². The van der Waals surface area contributed by atoms with Crippen molar-refractivity contribution >= 4 is 6.21 Å². The van der Waals surface area contributed by atoms with Gasteiger partial charge in [0.05, 0.1) is 0 Å². The zero-order valence-electron chi connectivity index (χ0n) is 7.76. The van der Waals surface area contributed by atoms with Gasteiger partial charge < -0.3 is 5.73 Å². The molecule has 0 rings (SSSR count). The molecular weight excluding hydrogens is 124 g/mol. The normalized spacial score (nSPS) is 8.10. The lowest BCUT2D eigenvalue weighted by molar-refractivity contribution is 1.47. The van der Waals surface area contributed by atoms with Crippen LogP contribution in [0.5, 0.6) is 0 Å². The van der Waals surface area contributed by atoms with Gasteiger partial charge in [-0.15, -0.1) is 0 Å². The van der Waals surface area contributed by atoms with Crippen LogP contribution in [0.2, 0.25) is 0 Å². The Bertz CT molecular complexity index is 55.7. The van der Waals surface area contributed by atoms with E-state index in [-0.39, 0.29) is 0 Å². The highest BCUT2D eigenvalue weighted by Gasteiger charge is 1.49. The van der Waals surface area contributed by atoms with Crippen LogP contribution in [0.25, 0.3) is 0 Å². The molecule has 2 N–H and O–H groups in total. The molecule has 0 aliphatic rings. The topological polar surface area (TPSA) is 38.4 Å². The van der Waals surface area contributed by atoms with Gasteiger partial charge in [-0.25, -0.2) is 0 Å². The number of rotatable bonds is 1. The molecule has 0 heterocycles. The van der Waals surface area contributed by atoms with Crippen LogP contribution in [-0.4, -0.2) is 13.3 Å². The molecule has 0 aromatic rings. The highest BCUT2D eigenvalue weighted by molar-refractivity contribution is 5.70. The molecule has 0 atom stereocenters. The Morgan fingerprint density at radius 2 is 1.50 bits per heavy atom. The molecule has 0 spiro atoms. The van der Waals surface area contributed by atoms with E-state index in [0.29, 0.717) is 0 Å². The van der Waals surface area contributed by atoms with Gasteiger partial charge in [-0.3, -0.25) is 4.99 Å². The van der Waals surface area contributed by atoms with E-state index in [9.17, 15) is 0 Å². The Balaban J connectivity index is -0.000000105.